The van der Waals surface area contributed by atoms with Gasteiger partial charge in [-0.1, -0.05) is 36.4 Å². The summed E-state index contributed by atoms with van der Waals surface area (Å²) < 4.78 is 5.31. The molecule has 1 heterocycles. The number of para-hydroxylation sites is 1. The largest absolute Gasteiger partial charge is 0.497 e. The van der Waals surface area contributed by atoms with Crippen molar-refractivity contribution in [2.75, 3.05) is 25.6 Å². The number of hydrogen-bond donors (Lipinski definition) is 1. The molecule has 0 bridgehead atoms. The van der Waals surface area contributed by atoms with Gasteiger partial charge in [-0.15, -0.1) is 0 Å². The minimum Gasteiger partial charge on any atom is -0.497 e. The van der Waals surface area contributed by atoms with Crippen LogP contribution in [0.15, 0.2) is 82.8 Å². The van der Waals surface area contributed by atoms with Gasteiger partial charge < -0.3 is 10.1 Å². The molecule has 0 radical (unpaired) electrons. The van der Waals surface area contributed by atoms with Crippen molar-refractivity contribution < 1.29 is 9.57 Å². The van der Waals surface area contributed by atoms with Crippen molar-refractivity contribution >= 4 is 23.2 Å². The van der Waals surface area contributed by atoms with Gasteiger partial charge in [-0.25, -0.2) is 10.1 Å². The highest BCUT2D eigenvalue weighted by Gasteiger charge is 2.19. The summed E-state index contributed by atoms with van der Waals surface area (Å²) >= 11 is 0. The number of nitrogens with one attached hydrogen (secondary N) is 1. The molecule has 0 aliphatic carbocycles. The SMILES string of the molecule is COc1ccc(NC(=NC(=Nc2ccccc2)N2CCCCO2)c2c(C)cccc2C)cc1. The zero-order chi connectivity index (χ0) is 23.0. The highest BCUT2D eigenvalue weighted by Crippen LogP contribution is 2.21. The molecule has 1 saturated heterocycles. The number of benzene rings is 3. The molecule has 0 amide bonds. The first-order valence-electron chi connectivity index (χ1n) is 11.2. The van der Waals surface area contributed by atoms with Crippen molar-refractivity contribution in [3.05, 3.63) is 89.5 Å². The lowest BCUT2D eigenvalue weighted by Gasteiger charge is -2.27. The van der Waals surface area contributed by atoms with Crippen molar-refractivity contribution in [3.8, 4) is 5.75 Å². The van der Waals surface area contributed by atoms with Crippen molar-refractivity contribution in [1.29, 1.82) is 0 Å². The van der Waals surface area contributed by atoms with E-state index >= 15 is 0 Å². The first-order chi connectivity index (χ1) is 16.1. The third-order valence-electron chi connectivity index (χ3n) is 5.49. The van der Waals surface area contributed by atoms with E-state index in [1.165, 1.54) is 0 Å². The number of aliphatic imine (C=N–C) groups is 2. The molecular formula is C27H30N4O2. The highest BCUT2D eigenvalue weighted by atomic mass is 16.7. The minimum absolute atomic E-state index is 0.527. The Morgan fingerprint density at radius 3 is 2.27 bits per heavy atom. The second-order valence-electron chi connectivity index (χ2n) is 7.97. The number of aryl methyl sites for hydroxylation is 2. The van der Waals surface area contributed by atoms with Gasteiger partial charge in [-0.3, -0.25) is 4.84 Å². The van der Waals surface area contributed by atoms with E-state index in [1.807, 2.05) is 54.6 Å². The summed E-state index contributed by atoms with van der Waals surface area (Å²) in [6, 6.07) is 23.9. The fourth-order valence-electron chi connectivity index (χ4n) is 3.75. The van der Waals surface area contributed by atoms with Crippen LogP contribution in [0, 0.1) is 13.8 Å². The predicted octanol–water partition coefficient (Wildman–Crippen LogP) is 5.89. The van der Waals surface area contributed by atoms with Crippen LogP contribution in [-0.4, -0.2) is 37.1 Å². The number of anilines is 1. The summed E-state index contributed by atoms with van der Waals surface area (Å²) in [4.78, 5) is 15.8. The Kier molecular flexibility index (Phi) is 7.37. The van der Waals surface area contributed by atoms with E-state index < -0.39 is 0 Å². The van der Waals surface area contributed by atoms with Gasteiger partial charge in [-0.05, 0) is 74.2 Å². The molecule has 6 heteroatoms. The Balaban J connectivity index is 1.81. The molecule has 6 nitrogen and oxygen atoms in total. The number of amidine groups is 1. The van der Waals surface area contributed by atoms with E-state index in [1.54, 1.807) is 12.2 Å². The lowest BCUT2D eigenvalue weighted by molar-refractivity contribution is -0.124. The third kappa shape index (κ3) is 5.79. The van der Waals surface area contributed by atoms with Gasteiger partial charge in [0.2, 0.25) is 0 Å². The fraction of sp³-hybridized carbons (Fsp3) is 0.259. The topological polar surface area (TPSA) is 58.5 Å². The normalized spacial score (nSPS) is 14.8. The molecule has 0 spiro atoms. The van der Waals surface area contributed by atoms with Gasteiger partial charge >= 0.3 is 0 Å². The van der Waals surface area contributed by atoms with E-state index in [9.17, 15) is 0 Å². The smallest absolute Gasteiger partial charge is 0.252 e. The molecule has 0 unspecified atom stereocenters. The van der Waals surface area contributed by atoms with Crippen LogP contribution in [0.1, 0.15) is 29.5 Å². The molecule has 0 aromatic heterocycles. The molecule has 170 valence electrons. The molecule has 0 atom stereocenters. The van der Waals surface area contributed by atoms with E-state index in [-0.39, 0.29) is 0 Å². The lowest BCUT2D eigenvalue weighted by atomic mass is 10.0. The Hall–Kier alpha value is -3.64. The first kappa shape index (κ1) is 22.6. The van der Waals surface area contributed by atoms with Crippen LogP contribution in [0.4, 0.5) is 11.4 Å². The number of rotatable bonds is 4. The Morgan fingerprint density at radius 2 is 1.64 bits per heavy atom. The molecule has 4 rings (SSSR count). The third-order valence-corrected chi connectivity index (χ3v) is 5.49. The number of guanidine groups is 1. The van der Waals surface area contributed by atoms with Gasteiger partial charge in [0.1, 0.15) is 11.6 Å². The van der Waals surface area contributed by atoms with E-state index in [4.69, 9.17) is 19.6 Å². The number of nitrogens with zero attached hydrogens (tertiary/aromatic N) is 3. The van der Waals surface area contributed by atoms with Crippen LogP contribution in [0.2, 0.25) is 0 Å². The standard InChI is InChI=1S/C27H30N4O2/c1-20-10-9-11-21(2)25(20)26(28-23-14-16-24(32-3)17-15-23)30-27(31-18-7-8-19-33-31)29-22-12-5-4-6-13-22/h4-6,9-17H,7-8,18-19H2,1-3H3,(H,28,29,30). The number of hydrogen-bond acceptors (Lipinski definition) is 3. The van der Waals surface area contributed by atoms with Crippen LogP contribution in [0.25, 0.3) is 0 Å². The maximum atomic E-state index is 5.94. The summed E-state index contributed by atoms with van der Waals surface area (Å²) in [6.45, 7) is 5.60. The maximum Gasteiger partial charge on any atom is 0.252 e. The van der Waals surface area contributed by atoms with Gasteiger partial charge in [0, 0.05) is 17.8 Å². The molecule has 1 aliphatic heterocycles. The maximum absolute atomic E-state index is 5.94. The van der Waals surface area contributed by atoms with Crippen molar-refractivity contribution in [2.24, 2.45) is 9.98 Å². The zero-order valence-corrected chi connectivity index (χ0v) is 19.4. The summed E-state index contributed by atoms with van der Waals surface area (Å²) in [5, 5.41) is 5.32. The molecule has 33 heavy (non-hydrogen) atoms. The average molecular weight is 443 g/mol. The van der Waals surface area contributed by atoms with Crippen molar-refractivity contribution in [2.45, 2.75) is 26.7 Å². The van der Waals surface area contributed by atoms with E-state index in [0.29, 0.717) is 12.6 Å². The van der Waals surface area contributed by atoms with Gasteiger partial charge in [0.25, 0.3) is 5.96 Å². The Labute approximate surface area is 195 Å². The monoisotopic (exact) mass is 442 g/mol. The Bertz CT molecular complexity index is 1100. The van der Waals surface area contributed by atoms with Gasteiger partial charge in [0.05, 0.1) is 19.4 Å². The second-order valence-corrected chi connectivity index (χ2v) is 7.97. The van der Waals surface area contributed by atoms with Gasteiger partial charge in [-0.2, -0.15) is 4.99 Å². The average Bonchev–Trinajstić information content (AvgIpc) is 2.85. The molecule has 3 aromatic carbocycles. The van der Waals surface area contributed by atoms with Crippen molar-refractivity contribution in [1.82, 2.24) is 5.06 Å². The quantitative estimate of drug-likeness (QED) is 0.405. The summed E-state index contributed by atoms with van der Waals surface area (Å²) in [5.74, 6) is 2.05. The first-order valence-corrected chi connectivity index (χ1v) is 11.2. The van der Waals surface area contributed by atoms with Crippen LogP contribution in [0.5, 0.6) is 5.75 Å². The van der Waals surface area contributed by atoms with Crippen molar-refractivity contribution in [3.63, 3.8) is 0 Å². The summed E-state index contributed by atoms with van der Waals surface area (Å²) in [5.41, 5.74) is 5.06. The van der Waals surface area contributed by atoms with Crippen LogP contribution in [-0.2, 0) is 4.84 Å². The van der Waals surface area contributed by atoms with E-state index in [2.05, 4.69) is 37.4 Å². The van der Waals surface area contributed by atoms with E-state index in [0.717, 1.165) is 59.0 Å². The molecule has 1 fully saturated rings. The number of methoxy groups -OCH3 is 1. The fourth-order valence-corrected chi connectivity index (χ4v) is 3.75. The molecule has 0 saturated carbocycles. The number of hydroxylamine groups is 2. The van der Waals surface area contributed by atoms with Crippen LogP contribution < -0.4 is 10.1 Å². The molecule has 1 N–H and O–H groups in total. The summed E-state index contributed by atoms with van der Waals surface area (Å²) in [7, 11) is 1.66. The lowest BCUT2D eigenvalue weighted by Crippen LogP contribution is -2.36. The minimum atomic E-state index is 0.527. The van der Waals surface area contributed by atoms with Crippen LogP contribution >= 0.6 is 0 Å². The zero-order valence-electron chi connectivity index (χ0n) is 19.4. The van der Waals surface area contributed by atoms with Crippen LogP contribution in [0.3, 0.4) is 0 Å². The molecule has 1 aliphatic rings. The molecular weight excluding hydrogens is 412 g/mol. The molecule has 3 aromatic rings. The summed E-state index contributed by atoms with van der Waals surface area (Å²) in [6.07, 6.45) is 2.07. The van der Waals surface area contributed by atoms with Gasteiger partial charge in [0.15, 0.2) is 0 Å². The Morgan fingerprint density at radius 1 is 0.909 bits per heavy atom. The predicted molar refractivity (Wildman–Crippen MR) is 134 cm³/mol. The second kappa shape index (κ2) is 10.8. The highest BCUT2D eigenvalue weighted by molar-refractivity contribution is 6.14. The number of ether oxygens (including phenoxy) is 1.